The molecule has 0 atom stereocenters. The molecule has 0 amide bonds. The number of hydrogen-bond acceptors (Lipinski definition) is 1. The molecule has 0 aliphatic rings. The van der Waals surface area contributed by atoms with Crippen molar-refractivity contribution in [3.05, 3.63) is 121 Å². The van der Waals surface area contributed by atoms with Crippen molar-refractivity contribution in [2.75, 3.05) is 0 Å². The maximum atomic E-state index is 6.53. The zero-order chi connectivity index (χ0) is 37.9. The molecular formula is C46H36B8O. The molecule has 10 aromatic rings. The maximum absolute atomic E-state index is 6.53. The van der Waals surface area contributed by atoms with E-state index in [1.807, 2.05) is 0 Å². The minimum atomic E-state index is 0.921. The summed E-state index contributed by atoms with van der Waals surface area (Å²) in [6, 6.07) is 44.7. The Kier molecular flexibility index (Phi) is 7.66. The van der Waals surface area contributed by atoms with Crippen LogP contribution >= 0.6 is 0 Å². The Bertz CT molecular complexity index is 3230. The van der Waals surface area contributed by atoms with E-state index in [-0.39, 0.29) is 0 Å². The highest BCUT2D eigenvalue weighted by Crippen LogP contribution is 2.43. The Morgan fingerprint density at radius 3 is 1.31 bits per heavy atom. The van der Waals surface area contributed by atoms with Crippen molar-refractivity contribution in [2.24, 2.45) is 0 Å². The van der Waals surface area contributed by atoms with E-state index in [9.17, 15) is 0 Å². The lowest BCUT2D eigenvalue weighted by atomic mass is 9.59. The molecular weight excluding hydrogens is 655 g/mol. The van der Waals surface area contributed by atoms with Crippen LogP contribution in [0.4, 0.5) is 0 Å². The third-order valence-corrected chi connectivity index (χ3v) is 13.2. The highest BCUT2D eigenvalue weighted by molar-refractivity contribution is 6.71. The Balaban J connectivity index is 1.35. The minimum Gasteiger partial charge on any atom is -0.456 e. The zero-order valence-electron chi connectivity index (χ0n) is 33.0. The normalized spacial score (nSPS) is 11.9. The predicted octanol–water partition coefficient (Wildman–Crippen LogP) is -0.733. The Morgan fingerprint density at radius 2 is 0.727 bits per heavy atom. The van der Waals surface area contributed by atoms with Crippen LogP contribution in [0.15, 0.2) is 126 Å². The van der Waals surface area contributed by atoms with Gasteiger partial charge < -0.3 is 4.42 Å². The number of rotatable bonds is 3. The quantitative estimate of drug-likeness (QED) is 0.176. The summed E-state index contributed by atoms with van der Waals surface area (Å²) in [6.07, 6.45) is 0. The molecule has 0 N–H and O–H groups in total. The van der Waals surface area contributed by atoms with E-state index >= 15 is 0 Å². The van der Waals surface area contributed by atoms with E-state index in [0.717, 1.165) is 21.9 Å². The van der Waals surface area contributed by atoms with Gasteiger partial charge in [0.15, 0.2) is 0 Å². The van der Waals surface area contributed by atoms with Gasteiger partial charge in [0, 0.05) is 10.8 Å². The molecule has 0 bridgehead atoms. The fourth-order valence-corrected chi connectivity index (χ4v) is 9.54. The first kappa shape index (κ1) is 33.9. The maximum Gasteiger partial charge on any atom is 0.139 e. The third-order valence-electron chi connectivity index (χ3n) is 13.2. The molecule has 1 nitrogen and oxygen atoms in total. The van der Waals surface area contributed by atoms with Crippen molar-refractivity contribution in [1.29, 1.82) is 0 Å². The summed E-state index contributed by atoms with van der Waals surface area (Å²) < 4.78 is 6.53. The summed E-state index contributed by atoms with van der Waals surface area (Å²) >= 11 is 0. The van der Waals surface area contributed by atoms with Gasteiger partial charge in [-0.05, 0) is 113 Å². The van der Waals surface area contributed by atoms with Crippen LogP contribution in [-0.4, -0.2) is 62.8 Å². The van der Waals surface area contributed by atoms with Gasteiger partial charge in [0.05, 0.1) is 0 Å². The lowest BCUT2D eigenvalue weighted by Gasteiger charge is -2.28. The fraction of sp³-hybridized carbons (Fsp3) is 0. The molecule has 10 rings (SSSR count). The summed E-state index contributed by atoms with van der Waals surface area (Å²) in [7, 11) is 18.6. The summed E-state index contributed by atoms with van der Waals surface area (Å²) in [5.41, 5.74) is 20.3. The standard InChI is InChI=1S/C46H36B8O/c47-39-35-33(27-11-5-10-23(17-27)26-13-12-21-6-1-2-7-22(21)16-26)36-38(42(50)46(54)44(52)40(36)48)34(37(35)41(49)45(53)43(39)51)28-14-15-31-29(19-28)30-18-24-8-3-4-9-25(24)20-32(30)55-31/h1-20H,47-54H2. The van der Waals surface area contributed by atoms with Gasteiger partial charge in [-0.25, -0.2) is 0 Å². The Labute approximate surface area is 329 Å². The molecule has 250 valence electrons. The van der Waals surface area contributed by atoms with Crippen molar-refractivity contribution in [3.8, 4) is 33.4 Å². The van der Waals surface area contributed by atoms with E-state index in [1.54, 1.807) is 0 Å². The van der Waals surface area contributed by atoms with Crippen molar-refractivity contribution in [3.63, 3.8) is 0 Å². The molecule has 9 aromatic carbocycles. The smallest absolute Gasteiger partial charge is 0.139 e. The van der Waals surface area contributed by atoms with Crippen LogP contribution < -0.4 is 43.7 Å². The van der Waals surface area contributed by atoms with Gasteiger partial charge in [0.2, 0.25) is 0 Å². The minimum absolute atomic E-state index is 0.921. The molecule has 0 radical (unpaired) electrons. The summed E-state index contributed by atoms with van der Waals surface area (Å²) in [4.78, 5) is 0. The number of benzene rings is 9. The van der Waals surface area contributed by atoms with E-state index in [2.05, 4.69) is 184 Å². The topological polar surface area (TPSA) is 13.1 Å². The lowest BCUT2D eigenvalue weighted by Crippen LogP contribution is -2.50. The van der Waals surface area contributed by atoms with E-state index in [0.29, 0.717) is 0 Å². The predicted molar refractivity (Wildman–Crippen MR) is 265 cm³/mol. The molecule has 0 aliphatic carbocycles. The molecule has 0 saturated carbocycles. The Hall–Kier alpha value is -5.66. The van der Waals surface area contributed by atoms with Crippen molar-refractivity contribution < 1.29 is 4.42 Å². The molecule has 55 heavy (non-hydrogen) atoms. The van der Waals surface area contributed by atoms with Crippen LogP contribution in [-0.2, 0) is 0 Å². The van der Waals surface area contributed by atoms with Gasteiger partial charge in [-0.1, -0.05) is 107 Å². The summed E-state index contributed by atoms with van der Waals surface area (Å²) in [6.45, 7) is 0. The second-order valence-electron chi connectivity index (χ2n) is 15.9. The van der Waals surface area contributed by atoms with E-state index in [4.69, 9.17) is 4.42 Å². The van der Waals surface area contributed by atoms with Gasteiger partial charge in [-0.3, -0.25) is 0 Å². The highest BCUT2D eigenvalue weighted by Gasteiger charge is 2.25. The summed E-state index contributed by atoms with van der Waals surface area (Å²) in [5.74, 6) is 0. The SMILES string of the molecule is Bc1c(B)c(B)c2c(-c3ccc4oc5cc6ccccc6cc5c4c3)c3c(B)c(B)c(B)c(B)c3c(-c3cccc(-c4ccc5ccccc5c4)c3)c2c1B. The second-order valence-corrected chi connectivity index (χ2v) is 15.9. The Morgan fingerprint density at radius 1 is 0.291 bits per heavy atom. The summed E-state index contributed by atoms with van der Waals surface area (Å²) in [5, 5.41) is 12.7. The van der Waals surface area contributed by atoms with Gasteiger partial charge >= 0.3 is 0 Å². The van der Waals surface area contributed by atoms with Gasteiger partial charge in [0.1, 0.15) is 73.9 Å². The molecule has 0 spiro atoms. The largest absolute Gasteiger partial charge is 0.456 e. The van der Waals surface area contributed by atoms with Gasteiger partial charge in [-0.15, -0.1) is 21.9 Å². The van der Waals surface area contributed by atoms with Gasteiger partial charge in [0.25, 0.3) is 0 Å². The van der Waals surface area contributed by atoms with Crippen LogP contribution in [0.25, 0.3) is 98.4 Å². The van der Waals surface area contributed by atoms with Crippen LogP contribution in [0.2, 0.25) is 0 Å². The average molecular weight is 691 g/mol. The van der Waals surface area contributed by atoms with E-state index in [1.165, 1.54) is 120 Å². The van der Waals surface area contributed by atoms with Crippen LogP contribution in [0, 0.1) is 0 Å². The van der Waals surface area contributed by atoms with Crippen molar-refractivity contribution >= 4 is 172 Å². The van der Waals surface area contributed by atoms with Gasteiger partial charge in [-0.2, -0.15) is 0 Å². The van der Waals surface area contributed by atoms with E-state index < -0.39 is 0 Å². The van der Waals surface area contributed by atoms with Crippen LogP contribution in [0.5, 0.6) is 0 Å². The molecule has 0 fully saturated rings. The van der Waals surface area contributed by atoms with Crippen molar-refractivity contribution in [1.82, 2.24) is 0 Å². The van der Waals surface area contributed by atoms with Crippen LogP contribution in [0.1, 0.15) is 0 Å². The lowest BCUT2D eigenvalue weighted by molar-refractivity contribution is 0.669. The highest BCUT2D eigenvalue weighted by atomic mass is 16.3. The zero-order valence-corrected chi connectivity index (χ0v) is 33.0. The fourth-order valence-electron chi connectivity index (χ4n) is 9.54. The second kappa shape index (κ2) is 12.4. The van der Waals surface area contributed by atoms with Crippen molar-refractivity contribution in [2.45, 2.75) is 0 Å². The molecule has 1 aromatic heterocycles. The van der Waals surface area contributed by atoms with Crippen LogP contribution in [0.3, 0.4) is 0 Å². The molecule has 9 heteroatoms. The molecule has 1 heterocycles. The third kappa shape index (κ3) is 4.98. The number of fused-ring (bicyclic) bond motifs is 7. The molecule has 0 unspecified atom stereocenters. The number of furan rings is 1. The molecule has 0 saturated heterocycles. The first-order valence-corrected chi connectivity index (χ1v) is 19.5. The average Bonchev–Trinajstić information content (AvgIpc) is 3.57. The first-order chi connectivity index (χ1) is 26.6. The monoisotopic (exact) mass is 692 g/mol. The first-order valence-electron chi connectivity index (χ1n) is 19.5. The molecule has 0 aliphatic heterocycles. The number of hydrogen-bond donors (Lipinski definition) is 0.